The molecule has 0 aromatic rings. The van der Waals surface area contributed by atoms with Crippen molar-refractivity contribution in [2.24, 2.45) is 5.73 Å². The van der Waals surface area contributed by atoms with Gasteiger partial charge >= 0.3 is 0 Å². The maximum absolute atomic E-state index is 11.2. The molecule has 1 atom stereocenters. The summed E-state index contributed by atoms with van der Waals surface area (Å²) in [7, 11) is 0. The molecule has 3 heteroatoms. The van der Waals surface area contributed by atoms with E-state index in [0.717, 1.165) is 0 Å². The Labute approximate surface area is 48.8 Å². The summed E-state index contributed by atoms with van der Waals surface area (Å²) >= 11 is 0. The molecule has 0 saturated heterocycles. The fourth-order valence-electron chi connectivity index (χ4n) is 0.0630. The molecule has 0 heterocycles. The first kappa shape index (κ1) is 10.0. The predicted molar refractivity (Wildman–Crippen MR) is 31.4 cm³/mol. The van der Waals surface area contributed by atoms with Crippen LogP contribution in [-0.4, -0.2) is 12.7 Å². The Morgan fingerprint density at radius 1 is 1.86 bits per heavy atom. The van der Waals surface area contributed by atoms with Crippen molar-refractivity contribution >= 4 is 12.4 Å². The molecule has 0 aromatic heterocycles. The van der Waals surface area contributed by atoms with Gasteiger partial charge in [0.2, 0.25) is 0 Å². The topological polar surface area (TPSA) is 26.0 Å². The number of halogens is 2. The van der Waals surface area contributed by atoms with Gasteiger partial charge in [-0.05, 0) is 0 Å². The molecule has 2 N–H and O–H groups in total. The molecule has 1 nitrogen and oxygen atoms in total. The van der Waals surface area contributed by atoms with Crippen molar-refractivity contribution in [3.63, 3.8) is 0 Å². The lowest BCUT2D eigenvalue weighted by molar-refractivity contribution is 0.465. The molecule has 0 aliphatic carbocycles. The van der Waals surface area contributed by atoms with E-state index < -0.39 is 12.7 Å². The lowest BCUT2D eigenvalue weighted by Gasteiger charge is -1.92. The van der Waals surface area contributed by atoms with E-state index in [0.29, 0.717) is 0 Å². The van der Waals surface area contributed by atoms with Crippen molar-refractivity contribution in [3.8, 4) is 0 Å². The normalized spacial score (nSPS) is 11.7. The predicted octanol–water partition coefficient (Wildman–Crippen LogP) is 0.891. The van der Waals surface area contributed by atoms with Crippen LogP contribution in [0.1, 0.15) is 0 Å². The molecule has 0 amide bonds. The Hall–Kier alpha value is -0.0800. The molecule has 0 radical (unpaired) electrons. The van der Waals surface area contributed by atoms with Crippen LogP contribution in [0, 0.1) is 0 Å². The van der Waals surface area contributed by atoms with Gasteiger partial charge < -0.3 is 5.73 Å². The smallest absolute Gasteiger partial charge is 0.108 e. The lowest BCUT2D eigenvalue weighted by atomic mass is 10.4. The summed E-state index contributed by atoms with van der Waals surface area (Å²) in [4.78, 5) is 0. The SMILES string of the molecule is C=CC(N)CF.Cl. The zero-order chi connectivity index (χ0) is 4.99. The quantitative estimate of drug-likeness (QED) is 0.545. The molecule has 0 aliphatic heterocycles. The molecule has 0 spiro atoms. The van der Waals surface area contributed by atoms with Crippen molar-refractivity contribution in [2.75, 3.05) is 6.67 Å². The third kappa shape index (κ3) is 5.92. The van der Waals surface area contributed by atoms with Gasteiger partial charge in [-0.3, -0.25) is 0 Å². The second kappa shape index (κ2) is 5.92. The van der Waals surface area contributed by atoms with E-state index in [-0.39, 0.29) is 12.4 Å². The van der Waals surface area contributed by atoms with Crippen LogP contribution in [0.4, 0.5) is 4.39 Å². The van der Waals surface area contributed by atoms with Crippen LogP contribution < -0.4 is 5.73 Å². The van der Waals surface area contributed by atoms with Gasteiger partial charge in [0.15, 0.2) is 0 Å². The van der Waals surface area contributed by atoms with Gasteiger partial charge in [-0.1, -0.05) is 6.08 Å². The Bertz CT molecular complexity index is 49.0. The summed E-state index contributed by atoms with van der Waals surface area (Å²) in [6.07, 6.45) is 1.38. The van der Waals surface area contributed by atoms with Gasteiger partial charge in [-0.2, -0.15) is 0 Å². The maximum Gasteiger partial charge on any atom is 0.108 e. The molecule has 0 bridgehead atoms. The second-order valence-electron chi connectivity index (χ2n) is 1.05. The number of alkyl halides is 1. The monoisotopic (exact) mass is 125 g/mol. The van der Waals surface area contributed by atoms with E-state index in [2.05, 4.69) is 6.58 Å². The molecule has 0 fully saturated rings. The highest BCUT2D eigenvalue weighted by atomic mass is 35.5. The largest absolute Gasteiger partial charge is 0.322 e. The average molecular weight is 126 g/mol. The maximum atomic E-state index is 11.2. The average Bonchev–Trinajstić information content (AvgIpc) is 1.65. The van der Waals surface area contributed by atoms with Gasteiger partial charge in [0, 0.05) is 0 Å². The standard InChI is InChI=1S/C4H8FN.ClH/c1-2-4(6)3-5;/h2,4H,1,3,6H2;1H. The summed E-state index contributed by atoms with van der Waals surface area (Å²) in [5.41, 5.74) is 4.98. The molecule has 7 heavy (non-hydrogen) atoms. The number of nitrogens with two attached hydrogens (primary N) is 1. The van der Waals surface area contributed by atoms with E-state index in [1.165, 1.54) is 6.08 Å². The highest BCUT2D eigenvalue weighted by Crippen LogP contribution is 1.76. The minimum Gasteiger partial charge on any atom is -0.322 e. The molecular weight excluding hydrogens is 117 g/mol. The van der Waals surface area contributed by atoms with E-state index in [4.69, 9.17) is 5.73 Å². The minimum atomic E-state index is -0.510. The van der Waals surface area contributed by atoms with Gasteiger partial charge in [-0.25, -0.2) is 4.39 Å². The molecule has 0 aliphatic rings. The zero-order valence-electron chi connectivity index (χ0n) is 3.93. The van der Waals surface area contributed by atoms with Gasteiger partial charge in [-0.15, -0.1) is 19.0 Å². The number of rotatable bonds is 2. The molecule has 0 rings (SSSR count). The summed E-state index contributed by atoms with van der Waals surface area (Å²) in [5, 5.41) is 0. The van der Waals surface area contributed by atoms with Crippen molar-refractivity contribution < 1.29 is 4.39 Å². The highest BCUT2D eigenvalue weighted by Gasteiger charge is 1.87. The van der Waals surface area contributed by atoms with E-state index in [9.17, 15) is 4.39 Å². The Morgan fingerprint density at radius 3 is 2.29 bits per heavy atom. The van der Waals surface area contributed by atoms with E-state index in [1.807, 2.05) is 0 Å². The van der Waals surface area contributed by atoms with Crippen molar-refractivity contribution in [1.29, 1.82) is 0 Å². The zero-order valence-corrected chi connectivity index (χ0v) is 4.75. The lowest BCUT2D eigenvalue weighted by Crippen LogP contribution is -2.17. The second-order valence-corrected chi connectivity index (χ2v) is 1.05. The number of hydrogen-bond donors (Lipinski definition) is 1. The van der Waals surface area contributed by atoms with E-state index >= 15 is 0 Å². The van der Waals surface area contributed by atoms with Crippen LogP contribution in [0.3, 0.4) is 0 Å². The van der Waals surface area contributed by atoms with E-state index in [1.54, 1.807) is 0 Å². The van der Waals surface area contributed by atoms with Crippen LogP contribution in [0.5, 0.6) is 0 Å². The molecule has 0 aromatic carbocycles. The summed E-state index contributed by atoms with van der Waals surface area (Å²) < 4.78 is 11.2. The first-order valence-corrected chi connectivity index (χ1v) is 1.75. The first-order chi connectivity index (χ1) is 2.81. The molecule has 44 valence electrons. The highest BCUT2D eigenvalue weighted by molar-refractivity contribution is 5.85. The molecular formula is C4H9ClFN. The Kier molecular flexibility index (Phi) is 8.47. The Morgan fingerprint density at radius 2 is 2.29 bits per heavy atom. The van der Waals surface area contributed by atoms with Crippen LogP contribution >= 0.6 is 12.4 Å². The van der Waals surface area contributed by atoms with Crippen molar-refractivity contribution in [2.45, 2.75) is 6.04 Å². The summed E-state index contributed by atoms with van der Waals surface area (Å²) in [6, 6.07) is -0.468. The fourth-order valence-corrected chi connectivity index (χ4v) is 0.0630. The number of hydrogen-bond acceptors (Lipinski definition) is 1. The van der Waals surface area contributed by atoms with Gasteiger partial charge in [0.25, 0.3) is 0 Å². The van der Waals surface area contributed by atoms with Crippen LogP contribution in [0.15, 0.2) is 12.7 Å². The van der Waals surface area contributed by atoms with Crippen LogP contribution in [0.2, 0.25) is 0 Å². The fraction of sp³-hybridized carbons (Fsp3) is 0.500. The van der Waals surface area contributed by atoms with Crippen LogP contribution in [0.25, 0.3) is 0 Å². The molecule has 1 unspecified atom stereocenters. The third-order valence-corrected chi connectivity index (χ3v) is 0.481. The molecule has 0 saturated carbocycles. The summed E-state index contributed by atoms with van der Waals surface area (Å²) in [5.74, 6) is 0. The van der Waals surface area contributed by atoms with Gasteiger partial charge in [0.1, 0.15) is 6.67 Å². The van der Waals surface area contributed by atoms with Gasteiger partial charge in [0.05, 0.1) is 6.04 Å². The summed E-state index contributed by atoms with van der Waals surface area (Å²) in [6.45, 7) is 2.76. The first-order valence-electron chi connectivity index (χ1n) is 1.75. The Balaban J connectivity index is 0. The third-order valence-electron chi connectivity index (χ3n) is 0.481. The van der Waals surface area contributed by atoms with Crippen molar-refractivity contribution in [3.05, 3.63) is 12.7 Å². The minimum absolute atomic E-state index is 0. The van der Waals surface area contributed by atoms with Crippen molar-refractivity contribution in [1.82, 2.24) is 0 Å². The van der Waals surface area contributed by atoms with Crippen LogP contribution in [-0.2, 0) is 0 Å².